The maximum Gasteiger partial charge on any atom is 0.256 e. The number of aryl methyl sites for hydroxylation is 1. The highest BCUT2D eigenvalue weighted by atomic mass is 35.5. The molecule has 2 amide bonds. The molecule has 11 heteroatoms. The molecule has 3 aromatic rings. The van der Waals surface area contributed by atoms with E-state index in [2.05, 4.69) is 15.6 Å². The summed E-state index contributed by atoms with van der Waals surface area (Å²) in [5.41, 5.74) is 3.21. The van der Waals surface area contributed by atoms with Crippen LogP contribution in [0.4, 0.5) is 5.69 Å². The summed E-state index contributed by atoms with van der Waals surface area (Å²) in [5.74, 6) is -0.900. The van der Waals surface area contributed by atoms with Crippen LogP contribution in [0.15, 0.2) is 47.4 Å². The van der Waals surface area contributed by atoms with Gasteiger partial charge in [0.15, 0.2) is 9.84 Å². The van der Waals surface area contributed by atoms with Gasteiger partial charge < -0.3 is 20.5 Å². The Morgan fingerprint density at radius 2 is 1.74 bits per heavy atom. The second-order valence-electron chi connectivity index (χ2n) is 10.1. The third kappa shape index (κ3) is 5.49. The van der Waals surface area contributed by atoms with Crippen LogP contribution in [0.5, 0.6) is 0 Å². The van der Waals surface area contributed by atoms with E-state index >= 15 is 0 Å². The van der Waals surface area contributed by atoms with E-state index in [9.17, 15) is 18.0 Å². The summed E-state index contributed by atoms with van der Waals surface area (Å²) in [4.78, 5) is 31.5. The number of nitrogens with one attached hydrogen (secondary N) is 3. The predicted molar refractivity (Wildman–Crippen MR) is 154 cm³/mol. The Bertz CT molecular complexity index is 1600. The molecule has 0 bridgehead atoms. The smallest absolute Gasteiger partial charge is 0.256 e. The summed E-state index contributed by atoms with van der Waals surface area (Å²) >= 11 is 12.4. The van der Waals surface area contributed by atoms with Gasteiger partial charge in [-0.3, -0.25) is 9.59 Å². The lowest BCUT2D eigenvalue weighted by Gasteiger charge is -2.36. The van der Waals surface area contributed by atoms with Crippen molar-refractivity contribution in [2.75, 3.05) is 18.4 Å². The highest BCUT2D eigenvalue weighted by molar-refractivity contribution is 7.90. The summed E-state index contributed by atoms with van der Waals surface area (Å²) < 4.78 is 26.6. The monoisotopic (exact) mass is 586 g/mol. The van der Waals surface area contributed by atoms with Crippen LogP contribution in [-0.4, -0.2) is 55.3 Å². The maximum absolute atomic E-state index is 13.5. The fourth-order valence-corrected chi connectivity index (χ4v) is 7.28. The number of nitrogens with zero attached hydrogens (tertiary/aromatic N) is 1. The molecule has 0 aliphatic carbocycles. The third-order valence-electron chi connectivity index (χ3n) is 6.88. The lowest BCUT2D eigenvalue weighted by molar-refractivity contribution is -0.110. The van der Waals surface area contributed by atoms with Gasteiger partial charge in [-0.2, -0.15) is 0 Å². The number of carbonyl (C=O) groups is 2. The number of piperazine rings is 1. The second kappa shape index (κ2) is 10.5. The molecule has 2 aromatic carbocycles. The molecule has 2 atom stereocenters. The molecule has 1 aromatic heterocycles. The number of rotatable bonds is 5. The molecule has 1 fully saturated rings. The van der Waals surface area contributed by atoms with Crippen LogP contribution in [0.2, 0.25) is 10.0 Å². The SMILES string of the molecule is Cc1cc(C(=O)N2C[C@@H](C)N[C@@H](C)C2)c(/C=C2\C(=O)Nc3ccc(S(=O)(=O)Cc4c(Cl)cccc4Cl)cc32)[nH]1. The summed E-state index contributed by atoms with van der Waals surface area (Å²) in [7, 11) is -3.85. The zero-order valence-corrected chi connectivity index (χ0v) is 24.0. The van der Waals surface area contributed by atoms with Gasteiger partial charge in [-0.25, -0.2) is 8.42 Å². The standard InChI is InChI=1S/C28H28Cl2N4O4S/c1-15-9-21(28(36)34-12-16(2)31-17(3)13-34)26(32-15)11-20-19-10-18(7-8-25(19)33-27(20)35)39(37,38)14-22-23(29)5-4-6-24(22)30/h4-11,16-17,31-32H,12-14H2,1-3H3,(H,33,35)/b20-11-/t16-,17+. The fraction of sp³-hybridized carbons (Fsp3) is 0.286. The summed E-state index contributed by atoms with van der Waals surface area (Å²) in [6.45, 7) is 7.06. The molecular weight excluding hydrogens is 559 g/mol. The summed E-state index contributed by atoms with van der Waals surface area (Å²) in [6, 6.07) is 11.4. The van der Waals surface area contributed by atoms with Crippen LogP contribution in [0, 0.1) is 6.92 Å². The average molecular weight is 588 g/mol. The molecule has 8 nitrogen and oxygen atoms in total. The Morgan fingerprint density at radius 3 is 2.41 bits per heavy atom. The van der Waals surface area contributed by atoms with Gasteiger partial charge in [-0.05, 0) is 63.2 Å². The summed E-state index contributed by atoms with van der Waals surface area (Å²) in [6.07, 6.45) is 1.61. The highest BCUT2D eigenvalue weighted by Crippen LogP contribution is 2.37. The number of sulfone groups is 1. The van der Waals surface area contributed by atoms with Gasteiger partial charge >= 0.3 is 0 Å². The minimum Gasteiger partial charge on any atom is -0.358 e. The van der Waals surface area contributed by atoms with Crippen LogP contribution >= 0.6 is 23.2 Å². The molecule has 2 aliphatic rings. The Balaban J connectivity index is 1.50. The van der Waals surface area contributed by atoms with Crippen molar-refractivity contribution >= 4 is 62.2 Å². The molecule has 0 spiro atoms. The number of aromatic nitrogens is 1. The number of benzene rings is 2. The fourth-order valence-electron chi connectivity index (χ4n) is 5.16. The van der Waals surface area contributed by atoms with Gasteiger partial charge in [0.2, 0.25) is 0 Å². The number of H-pyrrole nitrogens is 1. The molecule has 0 radical (unpaired) electrons. The van der Waals surface area contributed by atoms with Crippen LogP contribution in [0.3, 0.4) is 0 Å². The number of fused-ring (bicyclic) bond motifs is 1. The van der Waals surface area contributed by atoms with E-state index < -0.39 is 9.84 Å². The third-order valence-corrected chi connectivity index (χ3v) is 9.22. The average Bonchev–Trinajstić information content (AvgIpc) is 3.39. The van der Waals surface area contributed by atoms with Crippen molar-refractivity contribution in [1.29, 1.82) is 0 Å². The Kier molecular flexibility index (Phi) is 7.37. The first-order valence-electron chi connectivity index (χ1n) is 12.5. The molecule has 0 saturated carbocycles. The molecule has 5 rings (SSSR count). The van der Waals surface area contributed by atoms with E-state index in [0.717, 1.165) is 5.69 Å². The normalized spacial score (nSPS) is 20.3. The zero-order chi connectivity index (χ0) is 28.1. The Hall–Kier alpha value is -3.11. The number of anilines is 1. The number of amides is 2. The minimum atomic E-state index is -3.85. The van der Waals surface area contributed by atoms with Crippen molar-refractivity contribution in [3.8, 4) is 0 Å². The maximum atomic E-state index is 13.5. The number of hydrogen-bond donors (Lipinski definition) is 3. The van der Waals surface area contributed by atoms with Gasteiger partial charge in [-0.1, -0.05) is 29.3 Å². The predicted octanol–water partition coefficient (Wildman–Crippen LogP) is 4.92. The number of aromatic amines is 1. The van der Waals surface area contributed by atoms with E-state index in [1.54, 1.807) is 36.4 Å². The minimum absolute atomic E-state index is 0.0300. The van der Waals surface area contributed by atoms with Gasteiger partial charge in [0.1, 0.15) is 0 Å². The van der Waals surface area contributed by atoms with Crippen molar-refractivity contribution in [3.05, 3.63) is 80.6 Å². The summed E-state index contributed by atoms with van der Waals surface area (Å²) in [5, 5.41) is 6.72. The lowest BCUT2D eigenvalue weighted by atomic mass is 10.0. The van der Waals surface area contributed by atoms with Crippen molar-refractivity contribution in [1.82, 2.24) is 15.2 Å². The Morgan fingerprint density at radius 1 is 1.08 bits per heavy atom. The molecule has 1 saturated heterocycles. The van der Waals surface area contributed by atoms with Gasteiger partial charge in [0, 0.05) is 57.7 Å². The first-order valence-corrected chi connectivity index (χ1v) is 14.9. The largest absolute Gasteiger partial charge is 0.358 e. The number of halogens is 2. The first-order chi connectivity index (χ1) is 18.4. The molecular formula is C28H28Cl2N4O4S. The number of hydrogen-bond acceptors (Lipinski definition) is 5. The van der Waals surface area contributed by atoms with Crippen molar-refractivity contribution in [2.45, 2.75) is 43.5 Å². The van der Waals surface area contributed by atoms with E-state index in [1.165, 1.54) is 12.1 Å². The molecule has 204 valence electrons. The van der Waals surface area contributed by atoms with Crippen LogP contribution in [0.25, 0.3) is 11.6 Å². The van der Waals surface area contributed by atoms with Crippen LogP contribution < -0.4 is 10.6 Å². The highest BCUT2D eigenvalue weighted by Gasteiger charge is 2.30. The van der Waals surface area contributed by atoms with Crippen LogP contribution in [0.1, 0.15) is 46.7 Å². The van der Waals surface area contributed by atoms with E-state index in [4.69, 9.17) is 23.2 Å². The quantitative estimate of drug-likeness (QED) is 0.367. The van der Waals surface area contributed by atoms with Gasteiger partial charge in [0.25, 0.3) is 11.8 Å². The zero-order valence-electron chi connectivity index (χ0n) is 21.6. The molecule has 2 aliphatic heterocycles. The lowest BCUT2D eigenvalue weighted by Crippen LogP contribution is -2.55. The second-order valence-corrected chi connectivity index (χ2v) is 12.9. The van der Waals surface area contributed by atoms with Crippen molar-refractivity contribution < 1.29 is 18.0 Å². The molecule has 3 N–H and O–H groups in total. The van der Waals surface area contributed by atoms with E-state index in [-0.39, 0.29) is 50.2 Å². The molecule has 0 unspecified atom stereocenters. The molecule has 39 heavy (non-hydrogen) atoms. The van der Waals surface area contributed by atoms with Crippen molar-refractivity contribution in [3.63, 3.8) is 0 Å². The van der Waals surface area contributed by atoms with Gasteiger partial charge in [0.05, 0.1) is 27.5 Å². The van der Waals surface area contributed by atoms with E-state index in [1.807, 2.05) is 25.7 Å². The van der Waals surface area contributed by atoms with Gasteiger partial charge in [-0.15, -0.1) is 0 Å². The Labute approximate surface area is 237 Å². The van der Waals surface area contributed by atoms with Crippen LogP contribution in [-0.2, 0) is 20.4 Å². The van der Waals surface area contributed by atoms with Crippen molar-refractivity contribution in [2.24, 2.45) is 0 Å². The molecule has 3 heterocycles. The topological polar surface area (TPSA) is 111 Å². The number of carbonyl (C=O) groups excluding carboxylic acids is 2. The first kappa shape index (κ1) is 27.5. The van der Waals surface area contributed by atoms with E-state index in [0.29, 0.717) is 41.2 Å².